The molecule has 3 aliphatic rings. The van der Waals surface area contributed by atoms with Gasteiger partial charge in [0.15, 0.2) is 0 Å². The van der Waals surface area contributed by atoms with Gasteiger partial charge in [-0.25, -0.2) is 0 Å². The standard InChI is InChI=1S/C15H24O/c1-9-12(16)8-6-10-5-7-11-13(14(11,2)3)15(9,10)4/h5,9,11-13,16H,6-8H2,1-4H3/t9-,11?,12-,13?,15+/m0/s1. The van der Waals surface area contributed by atoms with Crippen LogP contribution in [-0.2, 0) is 0 Å². The minimum absolute atomic E-state index is 0.0858. The predicted molar refractivity (Wildman–Crippen MR) is 66.0 cm³/mol. The van der Waals surface area contributed by atoms with Crippen LogP contribution in [0.1, 0.15) is 47.0 Å². The lowest BCUT2D eigenvalue weighted by Crippen LogP contribution is -2.43. The van der Waals surface area contributed by atoms with Gasteiger partial charge < -0.3 is 5.11 Å². The van der Waals surface area contributed by atoms with Crippen LogP contribution in [0.4, 0.5) is 0 Å². The van der Waals surface area contributed by atoms with E-state index in [4.69, 9.17) is 0 Å². The van der Waals surface area contributed by atoms with E-state index in [0.717, 1.165) is 24.7 Å². The van der Waals surface area contributed by atoms with Crippen LogP contribution < -0.4 is 0 Å². The first-order chi connectivity index (χ1) is 7.40. The summed E-state index contributed by atoms with van der Waals surface area (Å²) in [5, 5.41) is 10.2. The van der Waals surface area contributed by atoms with Gasteiger partial charge in [-0.05, 0) is 47.8 Å². The maximum absolute atomic E-state index is 10.2. The minimum Gasteiger partial charge on any atom is -0.393 e. The number of hydrogen-bond acceptors (Lipinski definition) is 1. The van der Waals surface area contributed by atoms with Crippen LogP contribution in [0.3, 0.4) is 0 Å². The van der Waals surface area contributed by atoms with Crippen molar-refractivity contribution in [2.24, 2.45) is 28.6 Å². The van der Waals surface area contributed by atoms with Crippen molar-refractivity contribution in [1.29, 1.82) is 0 Å². The summed E-state index contributed by atoms with van der Waals surface area (Å²) in [5.41, 5.74) is 2.43. The van der Waals surface area contributed by atoms with E-state index >= 15 is 0 Å². The zero-order valence-corrected chi connectivity index (χ0v) is 11.0. The SMILES string of the molecule is C[C@H]1[C@@H](O)CCC2=CCC3C(C3(C)C)[C@@]21C. The molecule has 0 heterocycles. The predicted octanol–water partition coefficient (Wildman–Crippen LogP) is 3.39. The van der Waals surface area contributed by atoms with E-state index in [1.165, 1.54) is 6.42 Å². The van der Waals surface area contributed by atoms with Gasteiger partial charge in [0.25, 0.3) is 0 Å². The normalized spacial score (nSPS) is 53.7. The molecule has 0 aromatic rings. The molecule has 1 heteroatoms. The molecule has 0 aliphatic heterocycles. The Bertz CT molecular complexity index is 354. The van der Waals surface area contributed by atoms with Gasteiger partial charge in [-0.15, -0.1) is 0 Å². The molecule has 0 spiro atoms. The van der Waals surface area contributed by atoms with E-state index in [-0.39, 0.29) is 11.5 Å². The van der Waals surface area contributed by atoms with Crippen LogP contribution >= 0.6 is 0 Å². The Morgan fingerprint density at radius 3 is 2.69 bits per heavy atom. The first-order valence-electron chi connectivity index (χ1n) is 6.77. The number of rotatable bonds is 0. The molecule has 0 amide bonds. The average molecular weight is 220 g/mol. The van der Waals surface area contributed by atoms with Gasteiger partial charge >= 0.3 is 0 Å². The molecule has 1 nitrogen and oxygen atoms in total. The first-order valence-corrected chi connectivity index (χ1v) is 6.77. The highest BCUT2D eigenvalue weighted by molar-refractivity contribution is 5.32. The summed E-state index contributed by atoms with van der Waals surface area (Å²) < 4.78 is 0. The molecule has 0 aromatic carbocycles. The van der Waals surface area contributed by atoms with Crippen molar-refractivity contribution in [3.05, 3.63) is 11.6 Å². The molecule has 2 unspecified atom stereocenters. The quantitative estimate of drug-likeness (QED) is 0.620. The molecule has 0 aromatic heterocycles. The highest BCUT2D eigenvalue weighted by atomic mass is 16.3. The van der Waals surface area contributed by atoms with Gasteiger partial charge in [-0.2, -0.15) is 0 Å². The largest absolute Gasteiger partial charge is 0.393 e. The fourth-order valence-electron chi connectivity index (χ4n) is 4.96. The van der Waals surface area contributed by atoms with Crippen molar-refractivity contribution in [3.63, 3.8) is 0 Å². The number of fused-ring (bicyclic) bond motifs is 3. The molecule has 0 bridgehead atoms. The van der Waals surface area contributed by atoms with Gasteiger partial charge in [0.1, 0.15) is 0 Å². The fourth-order valence-corrected chi connectivity index (χ4v) is 4.96. The van der Waals surface area contributed by atoms with Crippen molar-refractivity contribution < 1.29 is 5.11 Å². The second-order valence-corrected chi connectivity index (χ2v) is 7.05. The van der Waals surface area contributed by atoms with Crippen molar-refractivity contribution >= 4 is 0 Å². The zero-order chi connectivity index (χ0) is 11.7. The Hall–Kier alpha value is -0.300. The third-order valence-electron chi connectivity index (χ3n) is 6.24. The molecular formula is C15H24O. The Morgan fingerprint density at radius 1 is 1.31 bits per heavy atom. The molecule has 90 valence electrons. The summed E-state index contributed by atoms with van der Waals surface area (Å²) in [6.07, 6.45) is 5.79. The summed E-state index contributed by atoms with van der Waals surface area (Å²) in [7, 11) is 0. The lowest BCUT2D eigenvalue weighted by atomic mass is 9.58. The molecule has 2 saturated carbocycles. The fraction of sp³-hybridized carbons (Fsp3) is 0.867. The Balaban J connectivity index is 2.03. The Kier molecular flexibility index (Phi) is 1.98. The van der Waals surface area contributed by atoms with E-state index in [2.05, 4.69) is 33.8 Å². The van der Waals surface area contributed by atoms with E-state index in [1.54, 1.807) is 5.57 Å². The maximum Gasteiger partial charge on any atom is 0.0577 e. The van der Waals surface area contributed by atoms with Crippen LogP contribution in [0.2, 0.25) is 0 Å². The van der Waals surface area contributed by atoms with Crippen LogP contribution in [-0.4, -0.2) is 11.2 Å². The third-order valence-corrected chi connectivity index (χ3v) is 6.24. The van der Waals surface area contributed by atoms with Gasteiger partial charge in [-0.3, -0.25) is 0 Å². The molecule has 16 heavy (non-hydrogen) atoms. The zero-order valence-electron chi connectivity index (χ0n) is 11.0. The maximum atomic E-state index is 10.2. The lowest BCUT2D eigenvalue weighted by molar-refractivity contribution is 0.00407. The van der Waals surface area contributed by atoms with Crippen LogP contribution in [0.5, 0.6) is 0 Å². The van der Waals surface area contributed by atoms with Crippen molar-refractivity contribution in [1.82, 2.24) is 0 Å². The van der Waals surface area contributed by atoms with Crippen molar-refractivity contribution in [2.75, 3.05) is 0 Å². The molecule has 5 atom stereocenters. The second kappa shape index (κ2) is 2.93. The van der Waals surface area contributed by atoms with Gasteiger partial charge in [0.2, 0.25) is 0 Å². The Labute approximate surface area is 98.9 Å². The van der Waals surface area contributed by atoms with E-state index in [9.17, 15) is 5.11 Å². The van der Waals surface area contributed by atoms with Gasteiger partial charge in [-0.1, -0.05) is 39.3 Å². The number of aliphatic hydroxyl groups excluding tert-OH is 1. The van der Waals surface area contributed by atoms with Crippen molar-refractivity contribution in [3.8, 4) is 0 Å². The lowest BCUT2D eigenvalue weighted by Gasteiger charge is -2.47. The third kappa shape index (κ3) is 1.06. The van der Waals surface area contributed by atoms with Gasteiger partial charge in [0.05, 0.1) is 6.10 Å². The summed E-state index contributed by atoms with van der Waals surface area (Å²) in [4.78, 5) is 0. The minimum atomic E-state index is -0.0858. The molecular weight excluding hydrogens is 196 g/mol. The second-order valence-electron chi connectivity index (χ2n) is 7.05. The topological polar surface area (TPSA) is 20.2 Å². The summed E-state index contributed by atoms with van der Waals surface area (Å²) >= 11 is 0. The summed E-state index contributed by atoms with van der Waals surface area (Å²) in [6.45, 7) is 9.50. The summed E-state index contributed by atoms with van der Waals surface area (Å²) in [6, 6.07) is 0. The number of allylic oxidation sites excluding steroid dienone is 2. The van der Waals surface area contributed by atoms with E-state index < -0.39 is 0 Å². The monoisotopic (exact) mass is 220 g/mol. The van der Waals surface area contributed by atoms with E-state index in [1.807, 2.05) is 0 Å². The number of hydrogen-bond donors (Lipinski definition) is 1. The van der Waals surface area contributed by atoms with Gasteiger partial charge in [0, 0.05) is 0 Å². The van der Waals surface area contributed by atoms with E-state index in [0.29, 0.717) is 11.3 Å². The molecule has 2 fully saturated rings. The van der Waals surface area contributed by atoms with Crippen molar-refractivity contribution in [2.45, 2.75) is 53.1 Å². The first kappa shape index (κ1) is 10.8. The molecule has 1 N–H and O–H groups in total. The highest BCUT2D eigenvalue weighted by Gasteiger charge is 2.68. The van der Waals surface area contributed by atoms with Crippen LogP contribution in [0.25, 0.3) is 0 Å². The molecule has 0 saturated heterocycles. The van der Waals surface area contributed by atoms with Crippen LogP contribution in [0.15, 0.2) is 11.6 Å². The van der Waals surface area contributed by atoms with Crippen LogP contribution in [0, 0.1) is 28.6 Å². The molecule has 3 aliphatic carbocycles. The highest BCUT2D eigenvalue weighted by Crippen LogP contribution is 2.74. The Morgan fingerprint density at radius 2 is 2.00 bits per heavy atom. The number of aliphatic hydroxyl groups is 1. The average Bonchev–Trinajstić information content (AvgIpc) is 2.78. The molecule has 3 rings (SSSR count). The molecule has 0 radical (unpaired) electrons. The smallest absolute Gasteiger partial charge is 0.0577 e. The summed E-state index contributed by atoms with van der Waals surface area (Å²) in [5.74, 6) is 2.11.